The third-order valence-electron chi connectivity index (χ3n) is 4.30. The fourth-order valence-corrected chi connectivity index (χ4v) is 3.80. The molecule has 2 aromatic rings. The van der Waals surface area contributed by atoms with E-state index in [1.165, 1.54) is 18.2 Å². The van der Waals surface area contributed by atoms with Gasteiger partial charge >= 0.3 is 0 Å². The Hall–Kier alpha value is -2.84. The van der Waals surface area contributed by atoms with Crippen LogP contribution < -0.4 is 14.2 Å². The number of amides is 1. The van der Waals surface area contributed by atoms with Crippen molar-refractivity contribution in [3.63, 3.8) is 0 Å². The van der Waals surface area contributed by atoms with Crippen LogP contribution in [0.25, 0.3) is 0 Å². The van der Waals surface area contributed by atoms with E-state index in [1.807, 2.05) is 19.1 Å². The summed E-state index contributed by atoms with van der Waals surface area (Å²) in [4.78, 5) is 14.7. The van der Waals surface area contributed by atoms with Gasteiger partial charge in [-0.3, -0.25) is 4.79 Å². The lowest BCUT2D eigenvalue weighted by Crippen LogP contribution is -2.30. The number of carbonyl (C=O) groups is 1. The van der Waals surface area contributed by atoms with Crippen LogP contribution >= 0.6 is 0 Å². The van der Waals surface area contributed by atoms with Crippen molar-refractivity contribution in [3.05, 3.63) is 66.2 Å². The molecule has 29 heavy (non-hydrogen) atoms. The van der Waals surface area contributed by atoms with Crippen LogP contribution in [-0.2, 0) is 16.6 Å². The minimum Gasteiger partial charge on any atom is -0.493 e. The minimum atomic E-state index is -3.71. The van der Waals surface area contributed by atoms with Crippen LogP contribution in [0.2, 0.25) is 0 Å². The Kier molecular flexibility index (Phi) is 7.81. The number of nitrogens with zero attached hydrogens (tertiary/aromatic N) is 1. The second-order valence-electron chi connectivity index (χ2n) is 6.18. The molecular formula is C21H26N2O5S. The topological polar surface area (TPSA) is 84.9 Å². The lowest BCUT2D eigenvalue weighted by molar-refractivity contribution is 0.0752. The highest BCUT2D eigenvalue weighted by molar-refractivity contribution is 7.89. The second-order valence-corrected chi connectivity index (χ2v) is 7.94. The van der Waals surface area contributed by atoms with Crippen LogP contribution in [0.15, 0.2) is 60.0 Å². The number of sulfonamides is 1. The summed E-state index contributed by atoms with van der Waals surface area (Å²) in [5.41, 5.74) is 1.17. The van der Waals surface area contributed by atoms with Crippen LogP contribution in [0.3, 0.4) is 0 Å². The van der Waals surface area contributed by atoms with Gasteiger partial charge in [0.25, 0.3) is 5.91 Å². The third-order valence-corrected chi connectivity index (χ3v) is 5.72. The van der Waals surface area contributed by atoms with Gasteiger partial charge in [0, 0.05) is 25.2 Å². The monoisotopic (exact) mass is 418 g/mol. The van der Waals surface area contributed by atoms with Crippen LogP contribution in [0.1, 0.15) is 22.8 Å². The van der Waals surface area contributed by atoms with Gasteiger partial charge in [-0.1, -0.05) is 18.2 Å². The van der Waals surface area contributed by atoms with Crippen molar-refractivity contribution in [1.29, 1.82) is 0 Å². The first-order valence-electron chi connectivity index (χ1n) is 9.07. The van der Waals surface area contributed by atoms with Crippen molar-refractivity contribution in [1.82, 2.24) is 9.62 Å². The highest BCUT2D eigenvalue weighted by Crippen LogP contribution is 2.28. The van der Waals surface area contributed by atoms with Crippen molar-refractivity contribution in [2.75, 3.05) is 27.3 Å². The average molecular weight is 419 g/mol. The van der Waals surface area contributed by atoms with Gasteiger partial charge < -0.3 is 14.4 Å². The molecule has 0 saturated carbocycles. The molecule has 2 rings (SSSR count). The molecule has 7 nitrogen and oxygen atoms in total. The van der Waals surface area contributed by atoms with Gasteiger partial charge in [-0.05, 0) is 42.8 Å². The van der Waals surface area contributed by atoms with E-state index in [-0.39, 0.29) is 17.3 Å². The molecule has 8 heteroatoms. The van der Waals surface area contributed by atoms with Crippen molar-refractivity contribution >= 4 is 15.9 Å². The van der Waals surface area contributed by atoms with E-state index in [0.29, 0.717) is 30.2 Å². The fraction of sp³-hybridized carbons (Fsp3) is 0.286. The summed E-state index contributed by atoms with van der Waals surface area (Å²) in [6.45, 7) is 6.28. The van der Waals surface area contributed by atoms with Crippen LogP contribution in [0.4, 0.5) is 0 Å². The number of methoxy groups -OCH3 is 2. The van der Waals surface area contributed by atoms with Gasteiger partial charge in [-0.15, -0.1) is 6.58 Å². The smallest absolute Gasteiger partial charge is 0.254 e. The maximum Gasteiger partial charge on any atom is 0.254 e. The Morgan fingerprint density at radius 1 is 1.14 bits per heavy atom. The molecule has 0 atom stereocenters. The normalized spacial score (nSPS) is 11.0. The largest absolute Gasteiger partial charge is 0.493 e. The molecular weight excluding hydrogens is 392 g/mol. The van der Waals surface area contributed by atoms with Crippen molar-refractivity contribution in [2.45, 2.75) is 18.4 Å². The average Bonchev–Trinajstić information content (AvgIpc) is 2.75. The van der Waals surface area contributed by atoms with E-state index in [0.717, 1.165) is 5.56 Å². The summed E-state index contributed by atoms with van der Waals surface area (Å²) < 4.78 is 37.6. The molecule has 0 saturated heterocycles. The zero-order chi connectivity index (χ0) is 21.4. The van der Waals surface area contributed by atoms with Gasteiger partial charge in [-0.25, -0.2) is 13.1 Å². The molecule has 156 valence electrons. The number of hydrogen-bond acceptors (Lipinski definition) is 5. The number of hydrogen-bond donors (Lipinski definition) is 1. The number of rotatable bonds is 10. The predicted molar refractivity (Wildman–Crippen MR) is 112 cm³/mol. The lowest BCUT2D eigenvalue weighted by Gasteiger charge is -2.22. The molecule has 0 fully saturated rings. The molecule has 0 aliphatic carbocycles. The van der Waals surface area contributed by atoms with E-state index in [1.54, 1.807) is 37.3 Å². The Morgan fingerprint density at radius 3 is 2.48 bits per heavy atom. The molecule has 1 amide bonds. The molecule has 1 N–H and O–H groups in total. The Bertz CT molecular complexity index is 973. The maximum atomic E-state index is 13.0. The van der Waals surface area contributed by atoms with E-state index in [4.69, 9.17) is 9.47 Å². The summed E-state index contributed by atoms with van der Waals surface area (Å²) >= 11 is 0. The molecule has 0 spiro atoms. The van der Waals surface area contributed by atoms with Gasteiger partial charge in [0.2, 0.25) is 10.0 Å². The predicted octanol–water partition coefficient (Wildman–Crippen LogP) is 2.83. The molecule has 0 heterocycles. The molecule has 2 aromatic carbocycles. The SMILES string of the molecule is C=CCNS(=O)(=O)c1cccc(C(=O)N(CC)Cc2ccc(OC)c(OC)c2)c1. The van der Waals surface area contributed by atoms with Gasteiger partial charge in [-0.2, -0.15) is 0 Å². The highest BCUT2D eigenvalue weighted by Gasteiger charge is 2.19. The molecule has 0 aromatic heterocycles. The molecule has 0 unspecified atom stereocenters. The summed E-state index contributed by atoms with van der Waals surface area (Å²) in [5, 5.41) is 0. The van der Waals surface area contributed by atoms with E-state index in [2.05, 4.69) is 11.3 Å². The first-order valence-corrected chi connectivity index (χ1v) is 10.5. The van der Waals surface area contributed by atoms with Crippen molar-refractivity contribution in [3.8, 4) is 11.5 Å². The van der Waals surface area contributed by atoms with Gasteiger partial charge in [0.15, 0.2) is 11.5 Å². The zero-order valence-corrected chi connectivity index (χ0v) is 17.7. The molecule has 0 bridgehead atoms. The molecule has 0 aliphatic heterocycles. The Morgan fingerprint density at radius 2 is 1.86 bits per heavy atom. The van der Waals surface area contributed by atoms with Crippen LogP contribution in [0.5, 0.6) is 11.5 Å². The number of carbonyl (C=O) groups excluding carboxylic acids is 1. The van der Waals surface area contributed by atoms with E-state index < -0.39 is 10.0 Å². The fourth-order valence-electron chi connectivity index (χ4n) is 2.76. The summed E-state index contributed by atoms with van der Waals surface area (Å²) in [6, 6.07) is 11.4. The van der Waals surface area contributed by atoms with Gasteiger partial charge in [0.05, 0.1) is 19.1 Å². The minimum absolute atomic E-state index is 0.0346. The first kappa shape index (κ1) is 22.4. The quantitative estimate of drug-likeness (QED) is 0.600. The maximum absolute atomic E-state index is 13.0. The Labute approximate surface area is 172 Å². The summed E-state index contributed by atoms with van der Waals surface area (Å²) in [6.07, 6.45) is 1.45. The standard InChI is InChI=1S/C21H26N2O5S/c1-5-12-22-29(25,26)18-9-7-8-17(14-18)21(24)23(6-2)15-16-10-11-19(27-3)20(13-16)28-4/h5,7-11,13-14,22H,1,6,12,15H2,2-4H3. The zero-order valence-electron chi connectivity index (χ0n) is 16.8. The van der Waals surface area contributed by atoms with Crippen LogP contribution in [0, 0.1) is 0 Å². The number of nitrogens with one attached hydrogen (secondary N) is 1. The van der Waals surface area contributed by atoms with Crippen LogP contribution in [-0.4, -0.2) is 46.5 Å². The lowest BCUT2D eigenvalue weighted by atomic mass is 10.1. The molecule has 0 radical (unpaired) electrons. The van der Waals surface area contributed by atoms with E-state index in [9.17, 15) is 13.2 Å². The van der Waals surface area contributed by atoms with Crippen molar-refractivity contribution < 1.29 is 22.7 Å². The van der Waals surface area contributed by atoms with Crippen molar-refractivity contribution in [2.24, 2.45) is 0 Å². The van der Waals surface area contributed by atoms with Gasteiger partial charge in [0.1, 0.15) is 0 Å². The Balaban J connectivity index is 2.26. The van der Waals surface area contributed by atoms with E-state index >= 15 is 0 Å². The first-order chi connectivity index (χ1) is 13.9. The summed E-state index contributed by atoms with van der Waals surface area (Å²) in [5.74, 6) is 0.925. The molecule has 0 aliphatic rings. The highest BCUT2D eigenvalue weighted by atomic mass is 32.2. The number of ether oxygens (including phenoxy) is 2. The third kappa shape index (κ3) is 5.58. The second kappa shape index (κ2) is 10.1. The number of benzene rings is 2. The summed E-state index contributed by atoms with van der Waals surface area (Å²) in [7, 11) is -0.597.